The molecule has 1 heterocycles. The third-order valence-electron chi connectivity index (χ3n) is 3.88. The molecule has 1 aromatic rings. The molecule has 1 saturated heterocycles. The van der Waals surface area contributed by atoms with E-state index in [0.717, 1.165) is 32.5 Å². The third kappa shape index (κ3) is 3.78. The number of aliphatic hydroxyl groups is 1. The summed E-state index contributed by atoms with van der Waals surface area (Å²) in [5.41, 5.74) is 1.33. The van der Waals surface area contributed by atoms with Crippen molar-refractivity contribution < 1.29 is 9.90 Å². The lowest BCUT2D eigenvalue weighted by atomic mass is 10.0. The Morgan fingerprint density at radius 2 is 1.95 bits per heavy atom. The number of aliphatic hydroxyl groups excluding tert-OH is 1. The molecule has 0 radical (unpaired) electrons. The zero-order valence-electron chi connectivity index (χ0n) is 11.5. The molecule has 4 nitrogen and oxygen atoms in total. The lowest BCUT2D eigenvalue weighted by Crippen LogP contribution is -2.46. The minimum absolute atomic E-state index is 0.179. The molecule has 0 aromatic heterocycles. The van der Waals surface area contributed by atoms with Gasteiger partial charge in [0, 0.05) is 32.7 Å². The Bertz CT molecular complexity index is 400. The van der Waals surface area contributed by atoms with E-state index in [2.05, 4.69) is 29.2 Å². The number of hydrogen-bond donors (Lipinski definition) is 1. The summed E-state index contributed by atoms with van der Waals surface area (Å²) in [6.45, 7) is 2.59. The van der Waals surface area contributed by atoms with Crippen molar-refractivity contribution in [2.45, 2.75) is 25.4 Å². The molecule has 1 aromatic carbocycles. The average Bonchev–Trinajstić information content (AvgIpc) is 2.47. The molecule has 1 fully saturated rings. The first-order valence-electron chi connectivity index (χ1n) is 6.83. The second-order valence-electron chi connectivity index (χ2n) is 5.16. The molecule has 1 aliphatic rings. The minimum atomic E-state index is -0.388. The number of benzene rings is 1. The molecule has 0 saturated carbocycles. The average molecular weight is 262 g/mol. The van der Waals surface area contributed by atoms with Crippen molar-refractivity contribution in [1.29, 1.82) is 0 Å². The summed E-state index contributed by atoms with van der Waals surface area (Å²) >= 11 is 0. The van der Waals surface area contributed by atoms with Gasteiger partial charge in [0.1, 0.15) is 6.61 Å². The first-order valence-corrected chi connectivity index (χ1v) is 6.83. The van der Waals surface area contributed by atoms with Crippen molar-refractivity contribution in [2.24, 2.45) is 0 Å². The maximum atomic E-state index is 11.4. The van der Waals surface area contributed by atoms with Crippen molar-refractivity contribution >= 4 is 5.91 Å². The fourth-order valence-electron chi connectivity index (χ4n) is 2.62. The van der Waals surface area contributed by atoms with Gasteiger partial charge in [-0.1, -0.05) is 30.3 Å². The highest BCUT2D eigenvalue weighted by Crippen LogP contribution is 2.17. The topological polar surface area (TPSA) is 43.8 Å². The molecule has 0 spiro atoms. The highest BCUT2D eigenvalue weighted by molar-refractivity contribution is 5.77. The molecule has 104 valence electrons. The first-order chi connectivity index (χ1) is 9.20. The van der Waals surface area contributed by atoms with Gasteiger partial charge >= 0.3 is 0 Å². The normalized spacial score (nSPS) is 17.4. The molecular formula is C15H22N2O2. The van der Waals surface area contributed by atoms with E-state index in [9.17, 15) is 4.79 Å². The largest absolute Gasteiger partial charge is 0.387 e. The van der Waals surface area contributed by atoms with Gasteiger partial charge in [-0.3, -0.25) is 9.69 Å². The van der Waals surface area contributed by atoms with Gasteiger partial charge in [-0.05, 0) is 18.4 Å². The van der Waals surface area contributed by atoms with Crippen LogP contribution in [0.15, 0.2) is 30.3 Å². The molecule has 4 heteroatoms. The van der Waals surface area contributed by atoms with E-state index in [1.807, 2.05) is 6.07 Å². The van der Waals surface area contributed by atoms with Crippen LogP contribution in [0.5, 0.6) is 0 Å². The van der Waals surface area contributed by atoms with E-state index >= 15 is 0 Å². The van der Waals surface area contributed by atoms with Gasteiger partial charge in [-0.15, -0.1) is 0 Å². The maximum absolute atomic E-state index is 11.4. The van der Waals surface area contributed by atoms with Crippen LogP contribution in [-0.2, 0) is 11.3 Å². The minimum Gasteiger partial charge on any atom is -0.387 e. The van der Waals surface area contributed by atoms with Crippen LogP contribution in [0.3, 0.4) is 0 Å². The molecule has 19 heavy (non-hydrogen) atoms. The third-order valence-corrected chi connectivity index (χ3v) is 3.88. The number of likely N-dealkylation sites (N-methyl/N-ethyl adjacent to an activating group) is 1. The van der Waals surface area contributed by atoms with Crippen molar-refractivity contribution in [3.05, 3.63) is 35.9 Å². The highest BCUT2D eigenvalue weighted by Gasteiger charge is 2.24. The zero-order chi connectivity index (χ0) is 13.7. The van der Waals surface area contributed by atoms with Crippen LogP contribution in [0.25, 0.3) is 0 Å². The molecule has 1 amide bonds. The number of nitrogens with zero attached hydrogens (tertiary/aromatic N) is 2. The van der Waals surface area contributed by atoms with E-state index in [0.29, 0.717) is 0 Å². The SMILES string of the molecule is CN(C(=O)CO)C1CCN(Cc2ccccc2)CC1. The van der Waals surface area contributed by atoms with E-state index in [1.54, 1.807) is 11.9 Å². The summed E-state index contributed by atoms with van der Waals surface area (Å²) in [7, 11) is 1.79. The number of rotatable bonds is 4. The molecule has 0 bridgehead atoms. The zero-order valence-corrected chi connectivity index (χ0v) is 11.5. The Morgan fingerprint density at radius 1 is 1.32 bits per heavy atom. The van der Waals surface area contributed by atoms with Gasteiger partial charge in [0.25, 0.3) is 0 Å². The second kappa shape index (κ2) is 6.68. The van der Waals surface area contributed by atoms with Gasteiger partial charge in [0.05, 0.1) is 0 Å². The summed E-state index contributed by atoms with van der Waals surface area (Å²) in [6.07, 6.45) is 1.96. The number of carbonyl (C=O) groups is 1. The number of hydrogen-bond acceptors (Lipinski definition) is 3. The quantitative estimate of drug-likeness (QED) is 0.884. The fourth-order valence-corrected chi connectivity index (χ4v) is 2.62. The first kappa shape index (κ1) is 14.0. The Morgan fingerprint density at radius 3 is 2.53 bits per heavy atom. The lowest BCUT2D eigenvalue weighted by molar-refractivity contribution is -0.135. The van der Waals surface area contributed by atoms with Gasteiger partial charge in [-0.25, -0.2) is 0 Å². The van der Waals surface area contributed by atoms with Gasteiger partial charge in [-0.2, -0.15) is 0 Å². The Hall–Kier alpha value is -1.39. The Balaban J connectivity index is 1.81. The molecular weight excluding hydrogens is 240 g/mol. The molecule has 1 N–H and O–H groups in total. The predicted octanol–water partition coefficient (Wildman–Crippen LogP) is 1.10. The monoisotopic (exact) mass is 262 g/mol. The van der Waals surface area contributed by atoms with E-state index in [-0.39, 0.29) is 18.6 Å². The summed E-state index contributed by atoms with van der Waals surface area (Å²) in [6, 6.07) is 10.7. The summed E-state index contributed by atoms with van der Waals surface area (Å²) in [5, 5.41) is 8.88. The number of carbonyl (C=O) groups excluding carboxylic acids is 1. The molecule has 0 aliphatic carbocycles. The maximum Gasteiger partial charge on any atom is 0.248 e. The number of amides is 1. The smallest absolute Gasteiger partial charge is 0.248 e. The lowest BCUT2D eigenvalue weighted by Gasteiger charge is -2.36. The van der Waals surface area contributed by atoms with Crippen LogP contribution in [0.2, 0.25) is 0 Å². The molecule has 2 rings (SSSR count). The number of piperidine rings is 1. The van der Waals surface area contributed by atoms with Crippen LogP contribution >= 0.6 is 0 Å². The van der Waals surface area contributed by atoms with Gasteiger partial charge in [0.2, 0.25) is 5.91 Å². The summed E-state index contributed by atoms with van der Waals surface area (Å²) in [5.74, 6) is -0.179. The predicted molar refractivity (Wildman–Crippen MR) is 74.6 cm³/mol. The summed E-state index contributed by atoms with van der Waals surface area (Å²) in [4.78, 5) is 15.6. The van der Waals surface area contributed by atoms with Crippen LogP contribution in [0.1, 0.15) is 18.4 Å². The Kier molecular flexibility index (Phi) is 4.93. The van der Waals surface area contributed by atoms with Crippen molar-refractivity contribution in [2.75, 3.05) is 26.7 Å². The number of likely N-dealkylation sites (tertiary alicyclic amines) is 1. The van der Waals surface area contributed by atoms with Crippen LogP contribution in [0, 0.1) is 0 Å². The van der Waals surface area contributed by atoms with Crippen LogP contribution in [0.4, 0.5) is 0 Å². The van der Waals surface area contributed by atoms with E-state index in [1.165, 1.54) is 5.56 Å². The standard InChI is InChI=1S/C15H22N2O2/c1-16(15(19)12-18)14-7-9-17(10-8-14)11-13-5-3-2-4-6-13/h2-6,14,18H,7-12H2,1H3. The van der Waals surface area contributed by atoms with Gasteiger partial charge in [0.15, 0.2) is 0 Å². The van der Waals surface area contributed by atoms with Gasteiger partial charge < -0.3 is 10.0 Å². The van der Waals surface area contributed by atoms with Crippen molar-refractivity contribution in [3.8, 4) is 0 Å². The van der Waals surface area contributed by atoms with Crippen molar-refractivity contribution in [1.82, 2.24) is 9.80 Å². The van der Waals surface area contributed by atoms with E-state index in [4.69, 9.17) is 5.11 Å². The molecule has 0 atom stereocenters. The Labute approximate surface area is 114 Å². The van der Waals surface area contributed by atoms with E-state index < -0.39 is 0 Å². The molecule has 1 aliphatic heterocycles. The molecule has 0 unspecified atom stereocenters. The second-order valence-corrected chi connectivity index (χ2v) is 5.16. The van der Waals surface area contributed by atoms with Crippen LogP contribution in [-0.4, -0.2) is 53.6 Å². The fraction of sp³-hybridized carbons (Fsp3) is 0.533. The van der Waals surface area contributed by atoms with Crippen LogP contribution < -0.4 is 0 Å². The van der Waals surface area contributed by atoms with Crippen molar-refractivity contribution in [3.63, 3.8) is 0 Å². The summed E-state index contributed by atoms with van der Waals surface area (Å²) < 4.78 is 0. The highest BCUT2D eigenvalue weighted by atomic mass is 16.3.